The zero-order valence-electron chi connectivity index (χ0n) is 15.5. The molecule has 7 heteroatoms. The molecule has 0 fully saturated rings. The molecule has 0 unspecified atom stereocenters. The lowest BCUT2D eigenvalue weighted by Gasteiger charge is -2.05. The van der Waals surface area contributed by atoms with Crippen molar-refractivity contribution in [1.29, 1.82) is 0 Å². The summed E-state index contributed by atoms with van der Waals surface area (Å²) < 4.78 is 31.7. The number of nitrogens with two attached hydrogens (primary N) is 1. The van der Waals surface area contributed by atoms with E-state index in [9.17, 15) is 18.7 Å². The van der Waals surface area contributed by atoms with E-state index >= 15 is 0 Å². The number of hydrogen-bond acceptors (Lipinski definition) is 4. The second kappa shape index (κ2) is 10.2. The zero-order valence-corrected chi connectivity index (χ0v) is 15.5. The highest BCUT2D eigenvalue weighted by molar-refractivity contribution is 5.98. The van der Waals surface area contributed by atoms with E-state index in [1.165, 1.54) is 0 Å². The van der Waals surface area contributed by atoms with E-state index in [4.69, 9.17) is 10.5 Å². The van der Waals surface area contributed by atoms with Crippen LogP contribution in [0.2, 0.25) is 0 Å². The van der Waals surface area contributed by atoms with Crippen molar-refractivity contribution in [3.8, 4) is 0 Å². The van der Waals surface area contributed by atoms with Gasteiger partial charge in [0.15, 0.2) is 0 Å². The van der Waals surface area contributed by atoms with Crippen LogP contribution in [-0.2, 0) is 16.0 Å². The number of amidine groups is 1. The number of unbranched alkanes of at least 4 members (excludes halogenated alkanes) is 1. The number of rotatable bonds is 8. The highest BCUT2D eigenvalue weighted by atomic mass is 19.1. The molecule has 2 aromatic carbocycles. The number of esters is 1. The maximum absolute atomic E-state index is 13.7. The van der Waals surface area contributed by atoms with Gasteiger partial charge in [-0.2, -0.15) is 0 Å². The minimum Gasteiger partial charge on any atom is -0.507 e. The van der Waals surface area contributed by atoms with Crippen LogP contribution in [0.25, 0.3) is 5.76 Å². The van der Waals surface area contributed by atoms with Crippen LogP contribution in [0.15, 0.2) is 53.5 Å². The molecule has 2 rings (SSSR count). The van der Waals surface area contributed by atoms with Crippen molar-refractivity contribution in [2.45, 2.75) is 26.2 Å². The van der Waals surface area contributed by atoms with Crippen LogP contribution in [-0.4, -0.2) is 23.5 Å². The van der Waals surface area contributed by atoms with Gasteiger partial charge >= 0.3 is 5.97 Å². The van der Waals surface area contributed by atoms with Gasteiger partial charge in [0.1, 0.15) is 23.2 Å². The molecule has 0 bridgehead atoms. The van der Waals surface area contributed by atoms with Gasteiger partial charge in [0.2, 0.25) is 0 Å². The third kappa shape index (κ3) is 6.50. The van der Waals surface area contributed by atoms with Crippen molar-refractivity contribution in [1.82, 2.24) is 0 Å². The molecule has 2 aromatic rings. The minimum atomic E-state index is -0.906. The first-order valence-corrected chi connectivity index (χ1v) is 8.84. The van der Waals surface area contributed by atoms with Crippen molar-refractivity contribution >= 4 is 23.3 Å². The fourth-order valence-electron chi connectivity index (χ4n) is 2.33. The van der Waals surface area contributed by atoms with Gasteiger partial charge in [-0.25, -0.2) is 13.8 Å². The Kier molecular flexibility index (Phi) is 7.68. The second-order valence-corrected chi connectivity index (χ2v) is 6.11. The first-order valence-electron chi connectivity index (χ1n) is 8.84. The summed E-state index contributed by atoms with van der Waals surface area (Å²) in [6.07, 6.45) is 3.03. The van der Waals surface area contributed by atoms with Crippen molar-refractivity contribution < 1.29 is 23.4 Å². The Morgan fingerprint density at radius 3 is 2.57 bits per heavy atom. The van der Waals surface area contributed by atoms with Gasteiger partial charge in [0.25, 0.3) is 0 Å². The monoisotopic (exact) mass is 388 g/mol. The lowest BCUT2D eigenvalue weighted by Crippen LogP contribution is -2.09. The third-order valence-corrected chi connectivity index (χ3v) is 3.80. The maximum Gasteiger partial charge on any atom is 0.310 e. The average Bonchev–Trinajstić information content (AvgIpc) is 2.63. The number of aliphatic hydroxyl groups excluding tert-OH is 1. The summed E-state index contributed by atoms with van der Waals surface area (Å²) in [7, 11) is 0. The number of ether oxygens (including phenoxy) is 1. The predicted molar refractivity (Wildman–Crippen MR) is 104 cm³/mol. The first-order chi connectivity index (χ1) is 13.4. The molecule has 0 saturated heterocycles. The van der Waals surface area contributed by atoms with Crippen molar-refractivity contribution in [3.05, 3.63) is 71.3 Å². The van der Waals surface area contributed by atoms with E-state index in [1.807, 2.05) is 6.92 Å². The number of carbonyl (C=O) groups excluding carboxylic acids is 1. The SMILES string of the molecule is CCCCOC(=O)Cc1ccc(N=C(N)C=C(O)c2ccc(F)cc2F)cc1. The van der Waals surface area contributed by atoms with Crippen LogP contribution in [0.4, 0.5) is 14.5 Å². The molecule has 0 saturated carbocycles. The summed E-state index contributed by atoms with van der Waals surface area (Å²) >= 11 is 0. The molecule has 0 amide bonds. The Morgan fingerprint density at radius 1 is 1.21 bits per heavy atom. The van der Waals surface area contributed by atoms with Crippen LogP contribution in [0.1, 0.15) is 30.9 Å². The Hall–Kier alpha value is -3.22. The van der Waals surface area contributed by atoms with E-state index in [2.05, 4.69) is 4.99 Å². The van der Waals surface area contributed by atoms with Crippen molar-refractivity contribution in [3.63, 3.8) is 0 Å². The van der Waals surface area contributed by atoms with Crippen LogP contribution < -0.4 is 5.73 Å². The number of nitrogens with zero attached hydrogens (tertiary/aromatic N) is 1. The number of halogens is 2. The lowest BCUT2D eigenvalue weighted by atomic mass is 10.1. The van der Waals surface area contributed by atoms with Crippen LogP contribution in [0, 0.1) is 11.6 Å². The summed E-state index contributed by atoms with van der Waals surface area (Å²) in [4.78, 5) is 15.8. The summed E-state index contributed by atoms with van der Waals surface area (Å²) in [6.45, 7) is 2.43. The van der Waals surface area contributed by atoms with Gasteiger partial charge in [-0.1, -0.05) is 25.5 Å². The number of hydrogen-bond donors (Lipinski definition) is 2. The van der Waals surface area contributed by atoms with E-state index in [0.29, 0.717) is 18.4 Å². The summed E-state index contributed by atoms with van der Waals surface area (Å²) in [6, 6.07) is 9.56. The standard InChI is InChI=1S/C21H22F2N2O3/c1-2-3-10-28-21(27)11-14-4-7-16(8-5-14)25-20(24)13-19(26)17-9-6-15(22)12-18(17)23/h4-9,12-13,26H,2-3,10-11H2,1H3,(H2,24,25). The molecule has 0 aliphatic heterocycles. The van der Waals surface area contributed by atoms with E-state index in [-0.39, 0.29) is 23.8 Å². The molecule has 3 N–H and O–H groups in total. The third-order valence-electron chi connectivity index (χ3n) is 3.80. The van der Waals surface area contributed by atoms with Gasteiger partial charge in [-0.3, -0.25) is 4.79 Å². The molecule has 0 atom stereocenters. The highest BCUT2D eigenvalue weighted by Crippen LogP contribution is 2.18. The summed E-state index contributed by atoms with van der Waals surface area (Å²) in [5.74, 6) is -2.47. The molecule has 0 aromatic heterocycles. The largest absolute Gasteiger partial charge is 0.507 e. The van der Waals surface area contributed by atoms with Crippen molar-refractivity contribution in [2.75, 3.05) is 6.61 Å². The number of benzene rings is 2. The molecule has 5 nitrogen and oxygen atoms in total. The van der Waals surface area contributed by atoms with Gasteiger partial charge in [0, 0.05) is 12.1 Å². The minimum absolute atomic E-state index is 0.0621. The second-order valence-electron chi connectivity index (χ2n) is 6.11. The Labute approximate surface area is 162 Å². The van der Waals surface area contributed by atoms with Gasteiger partial charge in [-0.05, 0) is 36.2 Å². The fraction of sp³-hybridized carbons (Fsp3) is 0.238. The van der Waals surface area contributed by atoms with Gasteiger partial charge < -0.3 is 15.6 Å². The van der Waals surface area contributed by atoms with Gasteiger partial charge in [0.05, 0.1) is 24.3 Å². The Morgan fingerprint density at radius 2 is 1.93 bits per heavy atom. The Bertz CT molecular complexity index is 878. The molecule has 0 heterocycles. The molecule has 28 heavy (non-hydrogen) atoms. The van der Waals surface area contributed by atoms with Crippen LogP contribution in [0.5, 0.6) is 0 Å². The van der Waals surface area contributed by atoms with E-state index in [0.717, 1.165) is 36.6 Å². The predicted octanol–water partition coefficient (Wildman–Crippen LogP) is 4.44. The normalized spacial score (nSPS) is 12.1. The van der Waals surface area contributed by atoms with Crippen LogP contribution >= 0.6 is 0 Å². The first kappa shape index (κ1) is 21.1. The molecule has 0 aliphatic carbocycles. The smallest absolute Gasteiger partial charge is 0.310 e. The zero-order chi connectivity index (χ0) is 20.5. The van der Waals surface area contributed by atoms with Crippen molar-refractivity contribution in [2.24, 2.45) is 10.7 Å². The molecular weight excluding hydrogens is 366 g/mol. The molecule has 148 valence electrons. The quantitative estimate of drug-likeness (QED) is 0.230. The van der Waals surface area contributed by atoms with Crippen LogP contribution in [0.3, 0.4) is 0 Å². The number of carbonyl (C=O) groups is 1. The topological polar surface area (TPSA) is 84.9 Å². The molecule has 0 radical (unpaired) electrons. The molecule has 0 spiro atoms. The number of aliphatic imine (C=N–C) groups is 1. The highest BCUT2D eigenvalue weighted by Gasteiger charge is 2.09. The van der Waals surface area contributed by atoms with E-state index < -0.39 is 17.4 Å². The fourth-order valence-corrected chi connectivity index (χ4v) is 2.33. The number of aliphatic hydroxyl groups is 1. The summed E-state index contributed by atoms with van der Waals surface area (Å²) in [5.41, 5.74) is 6.83. The average molecular weight is 388 g/mol. The lowest BCUT2D eigenvalue weighted by molar-refractivity contribution is -0.142. The van der Waals surface area contributed by atoms with E-state index in [1.54, 1.807) is 24.3 Å². The maximum atomic E-state index is 13.7. The molecular formula is C21H22F2N2O3. The van der Waals surface area contributed by atoms with Gasteiger partial charge in [-0.15, -0.1) is 0 Å². The Balaban J connectivity index is 2.03. The molecule has 0 aliphatic rings. The summed E-state index contributed by atoms with van der Waals surface area (Å²) in [5, 5.41) is 9.96.